The molecule has 1 aromatic rings. The topological polar surface area (TPSA) is 84.0 Å². The fourth-order valence-electron chi connectivity index (χ4n) is 6.09. The molecule has 1 heterocycles. The van der Waals surface area contributed by atoms with Crippen molar-refractivity contribution in [1.29, 1.82) is 0 Å². The highest BCUT2D eigenvalue weighted by atomic mass is 16.2. The first kappa shape index (κ1) is 18.4. The number of hydrogen-bond acceptors (Lipinski definition) is 4. The number of aromatic nitrogens is 2. The molecular formula is C21H30N4O2. The Hall–Kier alpha value is -1.98. The van der Waals surface area contributed by atoms with E-state index < -0.39 is 0 Å². The molecule has 5 rings (SSSR count). The number of anilines is 1. The van der Waals surface area contributed by atoms with Gasteiger partial charge in [-0.05, 0) is 50.4 Å². The van der Waals surface area contributed by atoms with Crippen molar-refractivity contribution < 1.29 is 9.59 Å². The van der Waals surface area contributed by atoms with Gasteiger partial charge in [-0.15, -0.1) is 0 Å². The zero-order chi connectivity index (χ0) is 19.4. The first-order valence-corrected chi connectivity index (χ1v) is 10.0. The molecule has 27 heavy (non-hydrogen) atoms. The Kier molecular flexibility index (Phi) is 4.09. The van der Waals surface area contributed by atoms with Crippen LogP contribution >= 0.6 is 0 Å². The zero-order valence-electron chi connectivity index (χ0n) is 16.8. The van der Waals surface area contributed by atoms with E-state index in [1.165, 1.54) is 6.42 Å². The van der Waals surface area contributed by atoms with Gasteiger partial charge in [0.1, 0.15) is 5.82 Å². The van der Waals surface area contributed by atoms with Crippen LogP contribution in [0.15, 0.2) is 12.4 Å². The summed E-state index contributed by atoms with van der Waals surface area (Å²) in [4.78, 5) is 33.9. The SMILES string of the molecule is CC(=O)NC12CC3CC(C1)CC(C(=O)Nc1cnc(C(C)(C)C)nc1)(C3)C2. The highest BCUT2D eigenvalue weighted by molar-refractivity contribution is 5.95. The number of hydrogen-bond donors (Lipinski definition) is 2. The Labute approximate surface area is 160 Å². The fourth-order valence-corrected chi connectivity index (χ4v) is 6.09. The lowest BCUT2D eigenvalue weighted by molar-refractivity contribution is -0.148. The second-order valence-electron chi connectivity index (χ2n) is 10.2. The van der Waals surface area contributed by atoms with Gasteiger partial charge < -0.3 is 10.6 Å². The van der Waals surface area contributed by atoms with Crippen LogP contribution in [-0.4, -0.2) is 27.3 Å². The number of carbonyl (C=O) groups excluding carboxylic acids is 2. The van der Waals surface area contributed by atoms with Crippen LogP contribution in [-0.2, 0) is 15.0 Å². The Balaban J connectivity index is 1.54. The third kappa shape index (κ3) is 3.34. The number of carbonyl (C=O) groups is 2. The maximum atomic E-state index is 13.3. The third-order valence-electron chi connectivity index (χ3n) is 6.56. The van der Waals surface area contributed by atoms with Crippen LogP contribution in [0.5, 0.6) is 0 Å². The first-order valence-electron chi connectivity index (χ1n) is 10.0. The van der Waals surface area contributed by atoms with E-state index in [-0.39, 0.29) is 28.2 Å². The van der Waals surface area contributed by atoms with Crippen molar-refractivity contribution in [3.8, 4) is 0 Å². The summed E-state index contributed by atoms with van der Waals surface area (Å²) in [5.41, 5.74) is -0.0419. The van der Waals surface area contributed by atoms with E-state index in [0.29, 0.717) is 17.5 Å². The molecule has 146 valence electrons. The van der Waals surface area contributed by atoms with Crippen molar-refractivity contribution in [2.45, 2.75) is 77.2 Å². The molecule has 0 aromatic carbocycles. The van der Waals surface area contributed by atoms with Crippen molar-refractivity contribution in [3.63, 3.8) is 0 Å². The molecule has 2 amide bonds. The molecule has 0 saturated heterocycles. The average molecular weight is 370 g/mol. The lowest BCUT2D eigenvalue weighted by atomic mass is 9.46. The van der Waals surface area contributed by atoms with Gasteiger partial charge in [-0.25, -0.2) is 9.97 Å². The predicted molar refractivity (Wildman–Crippen MR) is 103 cm³/mol. The van der Waals surface area contributed by atoms with E-state index in [2.05, 4.69) is 41.4 Å². The Morgan fingerprint density at radius 1 is 1.07 bits per heavy atom. The monoisotopic (exact) mass is 370 g/mol. The van der Waals surface area contributed by atoms with Gasteiger partial charge in [0.25, 0.3) is 0 Å². The van der Waals surface area contributed by atoms with E-state index in [0.717, 1.165) is 37.9 Å². The van der Waals surface area contributed by atoms with Crippen molar-refractivity contribution in [2.24, 2.45) is 17.3 Å². The maximum absolute atomic E-state index is 13.3. The lowest BCUT2D eigenvalue weighted by Gasteiger charge is -2.61. The molecule has 2 atom stereocenters. The molecule has 1 aromatic heterocycles. The fraction of sp³-hybridized carbons (Fsp3) is 0.714. The summed E-state index contributed by atoms with van der Waals surface area (Å²) in [6, 6.07) is 0. The summed E-state index contributed by atoms with van der Waals surface area (Å²) < 4.78 is 0. The minimum atomic E-state index is -0.380. The largest absolute Gasteiger partial charge is 0.351 e. The predicted octanol–water partition coefficient (Wildman–Crippen LogP) is 3.19. The van der Waals surface area contributed by atoms with Crippen molar-refractivity contribution in [2.75, 3.05) is 5.32 Å². The summed E-state index contributed by atoms with van der Waals surface area (Å²) in [5.74, 6) is 1.91. The second-order valence-corrected chi connectivity index (χ2v) is 10.2. The van der Waals surface area contributed by atoms with Crippen LogP contribution < -0.4 is 10.6 Å². The minimum Gasteiger partial charge on any atom is -0.351 e. The number of nitrogens with zero attached hydrogens (tertiary/aromatic N) is 2. The van der Waals surface area contributed by atoms with E-state index in [4.69, 9.17) is 0 Å². The van der Waals surface area contributed by atoms with Crippen LogP contribution in [0.25, 0.3) is 0 Å². The van der Waals surface area contributed by atoms with Crippen LogP contribution in [0.3, 0.4) is 0 Å². The minimum absolute atomic E-state index is 0.0127. The molecule has 0 radical (unpaired) electrons. The van der Waals surface area contributed by atoms with Crippen LogP contribution in [0, 0.1) is 17.3 Å². The number of rotatable bonds is 3. The van der Waals surface area contributed by atoms with Gasteiger partial charge >= 0.3 is 0 Å². The molecule has 4 saturated carbocycles. The van der Waals surface area contributed by atoms with Gasteiger partial charge in [-0.3, -0.25) is 9.59 Å². The van der Waals surface area contributed by atoms with Crippen LogP contribution in [0.2, 0.25) is 0 Å². The van der Waals surface area contributed by atoms with E-state index in [9.17, 15) is 9.59 Å². The summed E-state index contributed by atoms with van der Waals surface area (Å²) in [5, 5.41) is 6.28. The Morgan fingerprint density at radius 3 is 2.19 bits per heavy atom. The molecule has 2 unspecified atom stereocenters. The lowest BCUT2D eigenvalue weighted by Crippen LogP contribution is -2.65. The summed E-state index contributed by atoms with van der Waals surface area (Å²) in [6.45, 7) is 7.78. The van der Waals surface area contributed by atoms with Crippen LogP contribution in [0.1, 0.15) is 72.0 Å². The highest BCUT2D eigenvalue weighted by Gasteiger charge is 2.60. The average Bonchev–Trinajstić information content (AvgIpc) is 2.52. The smallest absolute Gasteiger partial charge is 0.230 e. The van der Waals surface area contributed by atoms with E-state index in [1.807, 2.05) is 0 Å². The Morgan fingerprint density at radius 2 is 1.67 bits per heavy atom. The zero-order valence-corrected chi connectivity index (χ0v) is 16.8. The van der Waals surface area contributed by atoms with Crippen molar-refractivity contribution in [3.05, 3.63) is 18.2 Å². The molecule has 4 aliphatic carbocycles. The van der Waals surface area contributed by atoms with Crippen molar-refractivity contribution in [1.82, 2.24) is 15.3 Å². The maximum Gasteiger partial charge on any atom is 0.230 e. The van der Waals surface area contributed by atoms with Crippen LogP contribution in [0.4, 0.5) is 5.69 Å². The molecule has 2 N–H and O–H groups in total. The molecule has 4 bridgehead atoms. The van der Waals surface area contributed by atoms with Crippen molar-refractivity contribution >= 4 is 17.5 Å². The number of amides is 2. The first-order chi connectivity index (χ1) is 12.6. The van der Waals surface area contributed by atoms with E-state index >= 15 is 0 Å². The standard InChI is InChI=1S/C21H30N4O2/c1-13(26)25-21-8-14-5-15(9-21)7-20(6-14,12-21)18(27)24-16-10-22-17(23-11-16)19(2,3)4/h10-11,14-15H,5-9,12H2,1-4H3,(H,24,27)(H,25,26). The molecule has 4 aliphatic rings. The quantitative estimate of drug-likeness (QED) is 0.856. The molecule has 6 heteroatoms. The normalized spacial score (nSPS) is 34.4. The highest BCUT2D eigenvalue weighted by Crippen LogP contribution is 2.61. The molecular weight excluding hydrogens is 340 g/mol. The summed E-state index contributed by atoms with van der Waals surface area (Å²) >= 11 is 0. The summed E-state index contributed by atoms with van der Waals surface area (Å²) in [6.07, 6.45) is 9.24. The second kappa shape index (κ2) is 6.01. The van der Waals surface area contributed by atoms with E-state index in [1.54, 1.807) is 19.3 Å². The van der Waals surface area contributed by atoms with Gasteiger partial charge in [-0.2, -0.15) is 0 Å². The molecule has 0 aliphatic heterocycles. The van der Waals surface area contributed by atoms with Gasteiger partial charge in [0.15, 0.2) is 0 Å². The molecule has 0 spiro atoms. The molecule has 6 nitrogen and oxygen atoms in total. The Bertz CT molecular complexity index is 751. The third-order valence-corrected chi connectivity index (χ3v) is 6.56. The van der Waals surface area contributed by atoms with Gasteiger partial charge in [0.05, 0.1) is 23.5 Å². The van der Waals surface area contributed by atoms with Gasteiger partial charge in [0.2, 0.25) is 11.8 Å². The van der Waals surface area contributed by atoms with Gasteiger partial charge in [-0.1, -0.05) is 20.8 Å². The summed E-state index contributed by atoms with van der Waals surface area (Å²) in [7, 11) is 0. The number of nitrogens with one attached hydrogen (secondary N) is 2. The van der Waals surface area contributed by atoms with Gasteiger partial charge in [0, 0.05) is 17.9 Å². The molecule has 4 fully saturated rings.